The van der Waals surface area contributed by atoms with Crippen LogP contribution in [0.2, 0.25) is 0 Å². The van der Waals surface area contributed by atoms with E-state index in [9.17, 15) is 5.26 Å². The van der Waals surface area contributed by atoms with Crippen LogP contribution in [0.3, 0.4) is 0 Å². The first kappa shape index (κ1) is 52.9. The summed E-state index contributed by atoms with van der Waals surface area (Å²) in [5, 5.41) is 16.0. The average molecular weight is 1150 g/mol. The number of aromatic nitrogens is 6. The van der Waals surface area contributed by atoms with Crippen LogP contribution in [0.5, 0.6) is 0 Å². The maximum atomic E-state index is 12.1. The third kappa shape index (κ3) is 9.51. The molecule has 90 heavy (non-hydrogen) atoms. The topological polar surface area (TPSA) is 89.6 Å². The number of nitriles is 1. The van der Waals surface area contributed by atoms with Crippen molar-refractivity contribution in [1.82, 2.24) is 29.1 Å². The maximum absolute atomic E-state index is 12.1. The molecule has 16 aromatic rings. The number of fused-ring (bicyclic) bond motifs is 6. The van der Waals surface area contributed by atoms with E-state index in [-0.39, 0.29) is 0 Å². The van der Waals surface area contributed by atoms with E-state index in [1.165, 1.54) is 0 Å². The second-order valence-corrected chi connectivity index (χ2v) is 22.4. The molecular formula is C82H50N8. The molecule has 6 heterocycles. The highest BCUT2D eigenvalue weighted by atomic mass is 15.0. The average Bonchev–Trinajstić information content (AvgIpc) is 1.62. The predicted octanol–water partition coefficient (Wildman–Crippen LogP) is 20.9. The minimum Gasteiger partial charge on any atom is -0.308 e. The van der Waals surface area contributed by atoms with Crippen LogP contribution >= 0.6 is 0 Å². The SMILES string of the molecule is [C-]#[N+]c1cccc(-c2cc(-n3c4ccc(-c5cccc(-c6ccccc6)n5)cc4c4cc(-c5cccc(-c6ccccc6)n5)ccc43)c(C#N)c(-n3c4ccc(-c5cccc(-c6ccccc6)n5)cc4c4cc(-c5cccc(-c6ccccc6)n5)ccc43)c2)c1. The van der Waals surface area contributed by atoms with Crippen LogP contribution in [0.4, 0.5) is 5.69 Å². The Morgan fingerprint density at radius 2 is 0.544 bits per heavy atom. The molecule has 0 aliphatic heterocycles. The van der Waals surface area contributed by atoms with Gasteiger partial charge in [-0.1, -0.05) is 188 Å². The fourth-order valence-corrected chi connectivity index (χ4v) is 12.7. The molecule has 418 valence electrons. The van der Waals surface area contributed by atoms with Gasteiger partial charge in [-0.25, -0.2) is 24.8 Å². The normalized spacial score (nSPS) is 11.3. The van der Waals surface area contributed by atoms with Crippen LogP contribution in [0.15, 0.2) is 303 Å². The molecule has 8 nitrogen and oxygen atoms in total. The van der Waals surface area contributed by atoms with Gasteiger partial charge in [0.2, 0.25) is 0 Å². The quantitative estimate of drug-likeness (QED) is 0.120. The molecule has 0 fully saturated rings. The smallest absolute Gasteiger partial charge is 0.187 e. The van der Waals surface area contributed by atoms with Crippen molar-refractivity contribution >= 4 is 49.3 Å². The van der Waals surface area contributed by atoms with Gasteiger partial charge in [0.1, 0.15) is 11.6 Å². The second-order valence-electron chi connectivity index (χ2n) is 22.4. The van der Waals surface area contributed by atoms with E-state index in [2.05, 4.69) is 202 Å². The lowest BCUT2D eigenvalue weighted by Gasteiger charge is -2.19. The van der Waals surface area contributed by atoms with Gasteiger partial charge in [0.15, 0.2) is 5.69 Å². The van der Waals surface area contributed by atoms with Crippen LogP contribution in [0.25, 0.3) is 161 Å². The number of benzene rings is 10. The molecule has 0 aliphatic rings. The van der Waals surface area contributed by atoms with Gasteiger partial charge in [-0.15, -0.1) is 0 Å². The molecule has 0 saturated carbocycles. The first-order valence-corrected chi connectivity index (χ1v) is 29.8. The van der Waals surface area contributed by atoms with Gasteiger partial charge in [0.05, 0.1) is 85.6 Å². The fraction of sp³-hybridized carbons (Fsp3) is 0. The summed E-state index contributed by atoms with van der Waals surface area (Å²) in [5.41, 5.74) is 22.5. The zero-order chi connectivity index (χ0) is 60.1. The Labute approximate surface area is 519 Å². The van der Waals surface area contributed by atoms with E-state index in [1.807, 2.05) is 121 Å². The molecule has 0 spiro atoms. The first-order valence-electron chi connectivity index (χ1n) is 29.8. The van der Waals surface area contributed by atoms with Crippen molar-refractivity contribution in [2.45, 2.75) is 0 Å². The van der Waals surface area contributed by atoms with Crippen LogP contribution in [-0.2, 0) is 0 Å². The van der Waals surface area contributed by atoms with E-state index < -0.39 is 0 Å². The van der Waals surface area contributed by atoms with Gasteiger partial charge in [0, 0.05) is 66.1 Å². The molecule has 10 aromatic carbocycles. The number of nitrogens with zero attached hydrogens (tertiary/aromatic N) is 8. The van der Waals surface area contributed by atoms with Crippen molar-refractivity contribution in [3.63, 3.8) is 0 Å². The molecule has 6 aromatic heterocycles. The number of hydrogen-bond donors (Lipinski definition) is 0. The minimum absolute atomic E-state index is 0.461. The van der Waals surface area contributed by atoms with Crippen molar-refractivity contribution in [3.05, 3.63) is 320 Å². The Hall–Kier alpha value is -12.6. The molecule has 0 bridgehead atoms. The third-order valence-electron chi connectivity index (χ3n) is 17.0. The molecule has 0 N–H and O–H groups in total. The standard InChI is InChI=1S/C82H50N8/c1-84-63-28-14-27-57(45-63)62-50-81(89-77-41-37-58(73-33-15-29-69(85-73)53-19-6-2-7-20-53)46-64(77)65-47-59(38-42-78(65)89)74-34-16-30-70(86-74)54-21-8-3-9-22-54)68(52-83)82(51-62)90-79-43-39-60(75-35-17-31-71(87-75)55-23-10-4-11-24-55)48-66(79)67-49-61(40-44-80(67)90)76-36-18-32-72(88-76)56-25-12-5-13-26-56/h2-51H. The van der Waals surface area contributed by atoms with Crippen LogP contribution in [-0.4, -0.2) is 29.1 Å². The molecule has 0 atom stereocenters. The summed E-state index contributed by atoms with van der Waals surface area (Å²) in [6.45, 7) is 8.14. The van der Waals surface area contributed by atoms with E-state index in [0.29, 0.717) is 22.6 Å². The number of pyridine rings is 4. The summed E-state index contributed by atoms with van der Waals surface area (Å²) in [5.74, 6) is 0. The summed E-state index contributed by atoms with van der Waals surface area (Å²) in [6, 6.07) is 107. The van der Waals surface area contributed by atoms with Crippen molar-refractivity contribution < 1.29 is 0 Å². The van der Waals surface area contributed by atoms with Crippen molar-refractivity contribution in [2.75, 3.05) is 0 Å². The minimum atomic E-state index is 0.461. The van der Waals surface area contributed by atoms with Gasteiger partial charge in [-0.05, 0) is 126 Å². The molecule has 0 radical (unpaired) electrons. The van der Waals surface area contributed by atoms with E-state index in [0.717, 1.165) is 145 Å². The van der Waals surface area contributed by atoms with E-state index >= 15 is 0 Å². The molecule has 16 rings (SSSR count). The Morgan fingerprint density at radius 3 is 0.833 bits per heavy atom. The van der Waals surface area contributed by atoms with E-state index in [4.69, 9.17) is 26.5 Å². The molecule has 0 amide bonds. The molecular weight excluding hydrogens is 1100 g/mol. The summed E-state index contributed by atoms with van der Waals surface area (Å²) in [4.78, 5) is 24.8. The van der Waals surface area contributed by atoms with Gasteiger partial charge >= 0.3 is 0 Å². The Kier molecular flexibility index (Phi) is 13.1. The summed E-state index contributed by atoms with van der Waals surface area (Å²) in [7, 11) is 0. The lowest BCUT2D eigenvalue weighted by molar-refractivity contribution is 1.12. The lowest BCUT2D eigenvalue weighted by Crippen LogP contribution is -2.05. The zero-order valence-electron chi connectivity index (χ0n) is 48.4. The van der Waals surface area contributed by atoms with Crippen LogP contribution in [0.1, 0.15) is 5.56 Å². The molecule has 0 aliphatic carbocycles. The molecule has 0 saturated heterocycles. The first-order chi connectivity index (χ1) is 44.5. The van der Waals surface area contributed by atoms with Crippen molar-refractivity contribution in [3.8, 4) is 119 Å². The highest BCUT2D eigenvalue weighted by Crippen LogP contribution is 2.44. The van der Waals surface area contributed by atoms with Gasteiger partial charge in [0.25, 0.3) is 0 Å². The Bertz CT molecular complexity index is 4970. The predicted molar refractivity (Wildman–Crippen MR) is 366 cm³/mol. The molecule has 0 unspecified atom stereocenters. The molecule has 8 heteroatoms. The van der Waals surface area contributed by atoms with Gasteiger partial charge in [-0.2, -0.15) is 5.26 Å². The van der Waals surface area contributed by atoms with Crippen LogP contribution < -0.4 is 0 Å². The lowest BCUT2D eigenvalue weighted by atomic mass is 9.99. The highest BCUT2D eigenvalue weighted by molar-refractivity contribution is 6.14. The van der Waals surface area contributed by atoms with E-state index in [1.54, 1.807) is 0 Å². The largest absolute Gasteiger partial charge is 0.308 e. The Morgan fingerprint density at radius 1 is 0.267 bits per heavy atom. The fourth-order valence-electron chi connectivity index (χ4n) is 12.7. The Balaban J connectivity index is 0.952. The summed E-state index contributed by atoms with van der Waals surface area (Å²) in [6.07, 6.45) is 0. The highest BCUT2D eigenvalue weighted by Gasteiger charge is 2.25. The number of hydrogen-bond acceptors (Lipinski definition) is 5. The van der Waals surface area contributed by atoms with Gasteiger partial charge in [-0.3, -0.25) is 0 Å². The maximum Gasteiger partial charge on any atom is 0.187 e. The number of rotatable bonds is 11. The zero-order valence-corrected chi connectivity index (χ0v) is 48.4. The van der Waals surface area contributed by atoms with Crippen molar-refractivity contribution in [1.29, 1.82) is 5.26 Å². The van der Waals surface area contributed by atoms with Crippen LogP contribution in [0, 0.1) is 17.9 Å². The monoisotopic (exact) mass is 1150 g/mol. The van der Waals surface area contributed by atoms with Gasteiger partial charge < -0.3 is 9.13 Å². The second kappa shape index (κ2) is 22.3. The summed E-state index contributed by atoms with van der Waals surface area (Å²) >= 11 is 0. The third-order valence-corrected chi connectivity index (χ3v) is 17.0. The van der Waals surface area contributed by atoms with Crippen molar-refractivity contribution in [2.24, 2.45) is 0 Å². The summed E-state index contributed by atoms with van der Waals surface area (Å²) < 4.78 is 4.48.